The number of benzene rings is 2. The van der Waals surface area contributed by atoms with E-state index in [0.29, 0.717) is 16.0 Å². The summed E-state index contributed by atoms with van der Waals surface area (Å²) in [6, 6.07) is 12.0. The highest BCUT2D eigenvalue weighted by Crippen LogP contribution is 2.29. The molecule has 5 nitrogen and oxygen atoms in total. The molecular weight excluding hydrogens is 382 g/mol. The number of ether oxygens (including phenoxy) is 2. The fourth-order valence-corrected chi connectivity index (χ4v) is 4.24. The van der Waals surface area contributed by atoms with E-state index < -0.39 is 10.0 Å². The van der Waals surface area contributed by atoms with Gasteiger partial charge in [-0.1, -0.05) is 18.2 Å². The first-order valence-corrected chi connectivity index (χ1v) is 9.05. The number of rotatable bonds is 6. The molecule has 0 fully saturated rings. The Balaban J connectivity index is 2.32. The van der Waals surface area contributed by atoms with Crippen molar-refractivity contribution in [3.63, 3.8) is 0 Å². The zero-order valence-electron chi connectivity index (χ0n) is 13.1. The number of hydrogen-bond donors (Lipinski definition) is 0. The van der Waals surface area contributed by atoms with Gasteiger partial charge in [-0.25, -0.2) is 8.42 Å². The largest absolute Gasteiger partial charge is 0.497 e. The van der Waals surface area contributed by atoms with Crippen LogP contribution in [0.25, 0.3) is 0 Å². The van der Waals surface area contributed by atoms with Gasteiger partial charge in [0.05, 0.1) is 19.1 Å². The van der Waals surface area contributed by atoms with Crippen LogP contribution in [0.3, 0.4) is 0 Å². The van der Waals surface area contributed by atoms with Gasteiger partial charge >= 0.3 is 0 Å². The van der Waals surface area contributed by atoms with Gasteiger partial charge in [0.25, 0.3) is 0 Å². The number of sulfonamides is 1. The van der Waals surface area contributed by atoms with Gasteiger partial charge in [-0.3, -0.25) is 0 Å². The highest BCUT2D eigenvalue weighted by Gasteiger charge is 2.24. The van der Waals surface area contributed by atoms with Gasteiger partial charge in [-0.2, -0.15) is 4.31 Å². The Hall–Kier alpha value is -1.57. The lowest BCUT2D eigenvalue weighted by Gasteiger charge is -2.19. The molecule has 124 valence electrons. The zero-order chi connectivity index (χ0) is 17.0. The maximum Gasteiger partial charge on any atom is 0.244 e. The summed E-state index contributed by atoms with van der Waals surface area (Å²) in [4.78, 5) is 0.231. The molecule has 0 bridgehead atoms. The smallest absolute Gasteiger partial charge is 0.244 e. The maximum atomic E-state index is 12.7. The van der Waals surface area contributed by atoms with E-state index in [1.54, 1.807) is 63.7 Å². The van der Waals surface area contributed by atoms with Crippen molar-refractivity contribution in [2.24, 2.45) is 0 Å². The van der Waals surface area contributed by atoms with E-state index in [4.69, 9.17) is 9.47 Å². The van der Waals surface area contributed by atoms with Crippen molar-refractivity contribution < 1.29 is 17.9 Å². The first kappa shape index (κ1) is 17.8. The molecule has 0 aliphatic rings. The Morgan fingerprint density at radius 2 is 1.78 bits per heavy atom. The Morgan fingerprint density at radius 3 is 2.39 bits per heavy atom. The van der Waals surface area contributed by atoms with Crippen molar-refractivity contribution in [1.29, 1.82) is 0 Å². The summed E-state index contributed by atoms with van der Waals surface area (Å²) in [5.74, 6) is 1.24. The van der Waals surface area contributed by atoms with Crippen LogP contribution in [0, 0.1) is 0 Å². The van der Waals surface area contributed by atoms with Gasteiger partial charge in [0.15, 0.2) is 0 Å². The van der Waals surface area contributed by atoms with Crippen LogP contribution in [0.5, 0.6) is 11.5 Å². The van der Waals surface area contributed by atoms with Crippen molar-refractivity contribution in [3.05, 3.63) is 52.5 Å². The van der Waals surface area contributed by atoms with Gasteiger partial charge in [-0.05, 0) is 34.1 Å². The fourth-order valence-electron chi connectivity index (χ4n) is 2.13. The molecule has 2 rings (SSSR count). The van der Waals surface area contributed by atoms with E-state index in [9.17, 15) is 8.42 Å². The van der Waals surface area contributed by atoms with Crippen LogP contribution in [0.4, 0.5) is 0 Å². The second-order valence-corrected chi connectivity index (χ2v) is 7.74. The molecule has 0 heterocycles. The average Bonchev–Trinajstić information content (AvgIpc) is 2.55. The summed E-state index contributed by atoms with van der Waals surface area (Å²) in [6.07, 6.45) is 0. The monoisotopic (exact) mass is 399 g/mol. The molecule has 2 aromatic rings. The Labute approximate surface area is 145 Å². The topological polar surface area (TPSA) is 55.8 Å². The van der Waals surface area contributed by atoms with Crippen LogP contribution < -0.4 is 9.47 Å². The van der Waals surface area contributed by atoms with Crippen molar-refractivity contribution >= 4 is 26.0 Å². The molecule has 0 spiro atoms. The SMILES string of the molecule is COc1ccc(CN(C)S(=O)(=O)c2ccccc2Br)c(OC)c1. The maximum absolute atomic E-state index is 12.7. The number of methoxy groups -OCH3 is 2. The summed E-state index contributed by atoms with van der Waals surface area (Å²) in [5, 5.41) is 0. The predicted octanol–water partition coefficient (Wildman–Crippen LogP) is 3.29. The van der Waals surface area contributed by atoms with Gasteiger partial charge in [0, 0.05) is 29.7 Å². The normalized spacial score (nSPS) is 11.5. The molecule has 7 heteroatoms. The molecule has 0 amide bonds. The third-order valence-corrected chi connectivity index (χ3v) is 6.23. The predicted molar refractivity (Wildman–Crippen MR) is 92.3 cm³/mol. The lowest BCUT2D eigenvalue weighted by atomic mass is 10.2. The highest BCUT2D eigenvalue weighted by molar-refractivity contribution is 9.10. The van der Waals surface area contributed by atoms with Crippen LogP contribution in [0.2, 0.25) is 0 Å². The van der Waals surface area contributed by atoms with Crippen molar-refractivity contribution in [3.8, 4) is 11.5 Å². The lowest BCUT2D eigenvalue weighted by molar-refractivity contribution is 0.384. The van der Waals surface area contributed by atoms with Gasteiger partial charge in [0.2, 0.25) is 10.0 Å². The van der Waals surface area contributed by atoms with E-state index in [0.717, 1.165) is 5.56 Å². The number of nitrogens with zero attached hydrogens (tertiary/aromatic N) is 1. The molecule has 2 aromatic carbocycles. The molecule has 23 heavy (non-hydrogen) atoms. The van der Waals surface area contributed by atoms with Crippen LogP contribution in [0.15, 0.2) is 51.8 Å². The summed E-state index contributed by atoms with van der Waals surface area (Å²) in [7, 11) is 1.04. The molecule has 0 aromatic heterocycles. The molecule has 0 aliphatic carbocycles. The quantitative estimate of drug-likeness (QED) is 0.747. The molecule has 0 saturated carbocycles. The molecule has 0 saturated heterocycles. The number of hydrogen-bond acceptors (Lipinski definition) is 4. The van der Waals surface area contributed by atoms with Gasteiger partial charge in [-0.15, -0.1) is 0 Å². The molecule has 0 radical (unpaired) electrons. The minimum absolute atomic E-state index is 0.191. The van der Waals surface area contributed by atoms with Crippen LogP contribution in [-0.4, -0.2) is 34.0 Å². The summed E-state index contributed by atoms with van der Waals surface area (Å²) in [6.45, 7) is 0.191. The van der Waals surface area contributed by atoms with Crippen molar-refractivity contribution in [2.45, 2.75) is 11.4 Å². The number of halogens is 1. The summed E-state index contributed by atoms with van der Waals surface area (Å²) < 4.78 is 37.7. The van der Waals surface area contributed by atoms with Crippen LogP contribution >= 0.6 is 15.9 Å². The van der Waals surface area contributed by atoms with E-state index >= 15 is 0 Å². The van der Waals surface area contributed by atoms with E-state index in [-0.39, 0.29) is 11.4 Å². The van der Waals surface area contributed by atoms with E-state index in [1.807, 2.05) is 0 Å². The summed E-state index contributed by atoms with van der Waals surface area (Å²) in [5.41, 5.74) is 0.756. The molecule has 0 atom stereocenters. The molecule has 0 N–H and O–H groups in total. The third-order valence-electron chi connectivity index (χ3n) is 3.41. The summed E-state index contributed by atoms with van der Waals surface area (Å²) >= 11 is 3.29. The van der Waals surface area contributed by atoms with Gasteiger partial charge < -0.3 is 9.47 Å². The van der Waals surface area contributed by atoms with E-state index in [2.05, 4.69) is 15.9 Å². The second kappa shape index (κ2) is 7.33. The first-order chi connectivity index (χ1) is 10.9. The highest BCUT2D eigenvalue weighted by atomic mass is 79.9. The molecule has 0 unspecified atom stereocenters. The third kappa shape index (κ3) is 3.85. The average molecular weight is 400 g/mol. The fraction of sp³-hybridized carbons (Fsp3) is 0.250. The minimum Gasteiger partial charge on any atom is -0.497 e. The molecule has 0 aliphatic heterocycles. The first-order valence-electron chi connectivity index (χ1n) is 6.82. The Morgan fingerprint density at radius 1 is 1.09 bits per heavy atom. The lowest BCUT2D eigenvalue weighted by Crippen LogP contribution is -2.27. The van der Waals surface area contributed by atoms with Crippen molar-refractivity contribution in [2.75, 3.05) is 21.3 Å². The Kier molecular flexibility index (Phi) is 5.67. The zero-order valence-corrected chi connectivity index (χ0v) is 15.5. The second-order valence-electron chi connectivity index (χ2n) is 4.87. The Bertz CT molecular complexity index is 792. The van der Waals surface area contributed by atoms with Crippen molar-refractivity contribution in [1.82, 2.24) is 4.31 Å². The standard InChI is InChI=1S/C16H18BrNO4S/c1-18(23(19,20)16-7-5-4-6-14(16)17)11-12-8-9-13(21-2)10-15(12)22-3/h4-10H,11H2,1-3H3. The van der Waals surface area contributed by atoms with Crippen LogP contribution in [0.1, 0.15) is 5.56 Å². The van der Waals surface area contributed by atoms with Gasteiger partial charge in [0.1, 0.15) is 11.5 Å². The molecular formula is C16H18BrNO4S. The van der Waals surface area contributed by atoms with E-state index in [1.165, 1.54) is 4.31 Å². The van der Waals surface area contributed by atoms with Crippen LogP contribution in [-0.2, 0) is 16.6 Å². The minimum atomic E-state index is -3.61.